The van der Waals surface area contributed by atoms with E-state index in [4.69, 9.17) is 9.47 Å². The van der Waals surface area contributed by atoms with E-state index in [0.29, 0.717) is 17.1 Å². The van der Waals surface area contributed by atoms with Gasteiger partial charge in [0.1, 0.15) is 0 Å². The summed E-state index contributed by atoms with van der Waals surface area (Å²) >= 11 is 0. The highest BCUT2D eigenvalue weighted by atomic mass is 16.5. The van der Waals surface area contributed by atoms with Gasteiger partial charge in [-0.1, -0.05) is 0 Å². The number of benzene rings is 2. The van der Waals surface area contributed by atoms with E-state index in [-0.39, 0.29) is 5.78 Å². The largest absolute Gasteiger partial charge is 0.493 e. The zero-order valence-corrected chi connectivity index (χ0v) is 13.2. The Bertz CT molecular complexity index is 703. The molecule has 2 aromatic rings. The van der Waals surface area contributed by atoms with Gasteiger partial charge in [0.15, 0.2) is 17.3 Å². The first-order valence-corrected chi connectivity index (χ1v) is 6.93. The monoisotopic (exact) mass is 297 g/mol. The topological polar surface area (TPSA) is 47.9 Å². The Balaban J connectivity index is 2.27. The van der Waals surface area contributed by atoms with Crippen LogP contribution in [0.25, 0.3) is 0 Å². The average Bonchev–Trinajstić information content (AvgIpc) is 2.53. The number of ether oxygens (including phenoxy) is 2. The molecule has 2 rings (SSSR count). The number of hydrogen-bond acceptors (Lipinski definition) is 4. The Morgan fingerprint density at radius 3 is 2.18 bits per heavy atom. The Morgan fingerprint density at radius 2 is 1.64 bits per heavy atom. The molecule has 0 saturated heterocycles. The fourth-order valence-electron chi connectivity index (χ4n) is 2.06. The summed E-state index contributed by atoms with van der Waals surface area (Å²) < 4.78 is 10.6. The molecule has 0 radical (unpaired) electrons. The zero-order chi connectivity index (χ0) is 16.1. The van der Waals surface area contributed by atoms with Gasteiger partial charge in [0.25, 0.3) is 0 Å². The molecule has 2 aromatic carbocycles. The Labute approximate surface area is 130 Å². The van der Waals surface area contributed by atoms with Crippen molar-refractivity contribution < 1.29 is 14.3 Å². The van der Waals surface area contributed by atoms with Crippen molar-refractivity contribution in [1.29, 1.82) is 0 Å². The maximum absolute atomic E-state index is 11.2. The second-order valence-corrected chi connectivity index (χ2v) is 4.93. The first-order valence-electron chi connectivity index (χ1n) is 6.93. The number of aliphatic imine (C=N–C) groups is 1. The minimum Gasteiger partial charge on any atom is -0.493 e. The van der Waals surface area contributed by atoms with E-state index in [1.54, 1.807) is 39.5 Å². The summed E-state index contributed by atoms with van der Waals surface area (Å²) in [5.41, 5.74) is 3.47. The van der Waals surface area contributed by atoms with Crippen molar-refractivity contribution in [2.75, 3.05) is 14.2 Å². The van der Waals surface area contributed by atoms with E-state index < -0.39 is 0 Å². The Hall–Kier alpha value is -2.62. The number of nitrogens with zero attached hydrogens (tertiary/aromatic N) is 1. The second kappa shape index (κ2) is 6.89. The van der Waals surface area contributed by atoms with Crippen molar-refractivity contribution in [3.8, 4) is 11.5 Å². The van der Waals surface area contributed by atoms with Crippen LogP contribution >= 0.6 is 0 Å². The van der Waals surface area contributed by atoms with Crippen molar-refractivity contribution in [1.82, 2.24) is 0 Å². The lowest BCUT2D eigenvalue weighted by Crippen LogP contribution is -1.95. The van der Waals surface area contributed by atoms with Gasteiger partial charge >= 0.3 is 0 Å². The van der Waals surface area contributed by atoms with E-state index in [1.165, 1.54) is 0 Å². The summed E-state index contributed by atoms with van der Waals surface area (Å²) in [7, 11) is 3.22. The van der Waals surface area contributed by atoms with E-state index in [0.717, 1.165) is 16.8 Å². The van der Waals surface area contributed by atoms with Gasteiger partial charge in [-0.3, -0.25) is 9.79 Å². The summed E-state index contributed by atoms with van der Waals surface area (Å²) in [5, 5.41) is 0. The lowest BCUT2D eigenvalue weighted by Gasteiger charge is -2.10. The lowest BCUT2D eigenvalue weighted by atomic mass is 10.1. The highest BCUT2D eigenvalue weighted by Crippen LogP contribution is 2.29. The van der Waals surface area contributed by atoms with Crippen molar-refractivity contribution in [3.63, 3.8) is 0 Å². The highest BCUT2D eigenvalue weighted by molar-refractivity contribution is 5.94. The van der Waals surface area contributed by atoms with E-state index in [9.17, 15) is 4.79 Å². The predicted octanol–water partition coefficient (Wildman–Crippen LogP) is 3.97. The molecular formula is C18H19NO3. The summed E-state index contributed by atoms with van der Waals surface area (Å²) in [6.45, 7) is 3.54. The molecule has 0 bridgehead atoms. The van der Waals surface area contributed by atoms with E-state index in [1.807, 2.05) is 31.2 Å². The molecule has 0 aliphatic carbocycles. The van der Waals surface area contributed by atoms with Crippen LogP contribution in [0.3, 0.4) is 0 Å². The maximum Gasteiger partial charge on any atom is 0.161 e. The molecule has 114 valence electrons. The van der Waals surface area contributed by atoms with Gasteiger partial charge in [-0.05, 0) is 61.4 Å². The van der Waals surface area contributed by atoms with Gasteiger partial charge in [0, 0.05) is 11.8 Å². The smallest absolute Gasteiger partial charge is 0.161 e. The van der Waals surface area contributed by atoms with Crippen molar-refractivity contribution >= 4 is 17.7 Å². The van der Waals surface area contributed by atoms with E-state index in [2.05, 4.69) is 4.99 Å². The average molecular weight is 297 g/mol. The van der Waals surface area contributed by atoms with Crippen LogP contribution in [-0.2, 0) is 0 Å². The Morgan fingerprint density at radius 1 is 1.05 bits per heavy atom. The summed E-state index contributed by atoms with van der Waals surface area (Å²) in [6, 6.07) is 11.0. The van der Waals surface area contributed by atoms with Crippen molar-refractivity contribution in [2.45, 2.75) is 13.8 Å². The van der Waals surface area contributed by atoms with Gasteiger partial charge in [-0.2, -0.15) is 0 Å². The summed E-state index contributed by atoms with van der Waals surface area (Å²) in [5.74, 6) is 1.41. The second-order valence-electron chi connectivity index (χ2n) is 4.93. The van der Waals surface area contributed by atoms with Crippen LogP contribution in [0.2, 0.25) is 0 Å². The van der Waals surface area contributed by atoms with Crippen LogP contribution in [0.15, 0.2) is 41.4 Å². The van der Waals surface area contributed by atoms with Gasteiger partial charge < -0.3 is 9.47 Å². The third-order valence-corrected chi connectivity index (χ3v) is 3.40. The number of hydrogen-bond donors (Lipinski definition) is 0. The normalized spacial score (nSPS) is 10.7. The number of aryl methyl sites for hydroxylation is 1. The van der Waals surface area contributed by atoms with Gasteiger partial charge in [-0.15, -0.1) is 0 Å². The fraction of sp³-hybridized carbons (Fsp3) is 0.222. The van der Waals surface area contributed by atoms with Crippen molar-refractivity contribution in [3.05, 3.63) is 53.1 Å². The lowest BCUT2D eigenvalue weighted by molar-refractivity contribution is 0.101. The van der Waals surface area contributed by atoms with Crippen LogP contribution in [0.1, 0.15) is 28.4 Å². The predicted molar refractivity (Wildman–Crippen MR) is 88.0 cm³/mol. The minimum atomic E-state index is 0.0475. The first-order chi connectivity index (χ1) is 10.5. The summed E-state index contributed by atoms with van der Waals surface area (Å²) in [4.78, 5) is 15.7. The number of carbonyl (C=O) groups excluding carboxylic acids is 1. The molecule has 0 unspecified atom stereocenters. The molecule has 0 aliphatic heterocycles. The molecule has 0 aromatic heterocycles. The molecule has 0 atom stereocenters. The molecule has 0 N–H and O–H groups in total. The molecule has 0 fully saturated rings. The fourth-order valence-corrected chi connectivity index (χ4v) is 2.06. The molecule has 0 heterocycles. The molecule has 0 saturated carbocycles. The van der Waals surface area contributed by atoms with Gasteiger partial charge in [0.2, 0.25) is 0 Å². The number of methoxy groups -OCH3 is 2. The van der Waals surface area contributed by atoms with Crippen LogP contribution in [0.5, 0.6) is 11.5 Å². The molecule has 0 spiro atoms. The van der Waals surface area contributed by atoms with Crippen LogP contribution in [-0.4, -0.2) is 26.2 Å². The minimum absolute atomic E-state index is 0.0475. The third-order valence-electron chi connectivity index (χ3n) is 3.40. The summed E-state index contributed by atoms with van der Waals surface area (Å²) in [6.07, 6.45) is 1.78. The number of rotatable bonds is 5. The highest BCUT2D eigenvalue weighted by Gasteiger charge is 2.07. The zero-order valence-electron chi connectivity index (χ0n) is 13.2. The van der Waals surface area contributed by atoms with Crippen LogP contribution in [0.4, 0.5) is 5.69 Å². The van der Waals surface area contributed by atoms with Crippen molar-refractivity contribution in [2.24, 2.45) is 4.99 Å². The first kappa shape index (κ1) is 15.8. The molecule has 0 aliphatic rings. The maximum atomic E-state index is 11.2. The molecule has 22 heavy (non-hydrogen) atoms. The quantitative estimate of drug-likeness (QED) is 0.620. The third kappa shape index (κ3) is 3.52. The molecule has 0 amide bonds. The molecule has 4 heteroatoms. The SMILES string of the molecule is COc1cc(C)c(C=Nc2ccc(C(C)=O)cc2)cc1OC. The number of carbonyl (C=O) groups is 1. The van der Waals surface area contributed by atoms with Crippen LogP contribution in [0, 0.1) is 6.92 Å². The van der Waals surface area contributed by atoms with Gasteiger partial charge in [-0.25, -0.2) is 0 Å². The number of ketones is 1. The Kier molecular flexibility index (Phi) is 4.94. The van der Waals surface area contributed by atoms with Crippen LogP contribution < -0.4 is 9.47 Å². The molecular weight excluding hydrogens is 278 g/mol. The standard InChI is InChI=1S/C18H19NO3/c1-12-9-17(21-3)18(22-4)10-15(12)11-19-16-7-5-14(6-8-16)13(2)20/h5-11H,1-4H3. The van der Waals surface area contributed by atoms with Gasteiger partial charge in [0.05, 0.1) is 19.9 Å². The van der Waals surface area contributed by atoms with E-state index >= 15 is 0 Å². The molecule has 4 nitrogen and oxygen atoms in total. The number of Topliss-reactive ketones (excluding diaryl/α,β-unsaturated/α-hetero) is 1.